The van der Waals surface area contributed by atoms with Crippen LogP contribution in [0.2, 0.25) is 0 Å². The smallest absolute Gasteiger partial charge is 0.251 e. The third kappa shape index (κ3) is 4.93. The molecule has 2 saturated heterocycles. The number of benzene rings is 2. The Morgan fingerprint density at radius 2 is 1.75 bits per heavy atom. The van der Waals surface area contributed by atoms with Gasteiger partial charge in [-0.15, -0.1) is 0 Å². The molecular weight excluding hydrogens is 406 g/mol. The molecule has 2 aliphatic rings. The lowest BCUT2D eigenvalue weighted by atomic mass is 10.1. The summed E-state index contributed by atoms with van der Waals surface area (Å²) < 4.78 is 5.63. The highest BCUT2D eigenvalue weighted by atomic mass is 16.5. The van der Waals surface area contributed by atoms with Gasteiger partial charge in [0.05, 0.1) is 6.10 Å². The van der Waals surface area contributed by atoms with Crippen molar-refractivity contribution >= 4 is 17.7 Å². The van der Waals surface area contributed by atoms with Crippen molar-refractivity contribution < 1.29 is 19.1 Å². The van der Waals surface area contributed by atoms with Crippen LogP contribution >= 0.6 is 0 Å². The fourth-order valence-electron chi connectivity index (χ4n) is 4.22. The molecule has 0 aromatic heterocycles. The third-order valence-electron chi connectivity index (χ3n) is 5.83. The van der Waals surface area contributed by atoms with Crippen LogP contribution in [0.3, 0.4) is 0 Å². The number of carbonyl (C=O) groups excluding carboxylic acids is 3. The number of carbonyl (C=O) groups is 3. The number of ether oxygens (including phenoxy) is 1. The molecule has 2 fully saturated rings. The molecule has 2 heterocycles. The minimum absolute atomic E-state index is 0.0203. The normalized spacial score (nSPS) is 18.2. The van der Waals surface area contributed by atoms with Gasteiger partial charge in [-0.3, -0.25) is 14.4 Å². The van der Waals surface area contributed by atoms with Gasteiger partial charge < -0.3 is 19.9 Å². The van der Waals surface area contributed by atoms with Gasteiger partial charge >= 0.3 is 0 Å². The molecule has 1 atom stereocenters. The number of hydrogen-bond donors (Lipinski definition) is 1. The van der Waals surface area contributed by atoms with E-state index in [1.54, 1.807) is 21.9 Å². The summed E-state index contributed by atoms with van der Waals surface area (Å²) >= 11 is 0. The standard InChI is InChI=1S/C25H29N3O4/c1-17(2)32-21-11-7-18(8-12-21)14-26-24(30)20-9-5-19(6-10-20)15-27-16-23(29)28-13-3-4-22(28)25(27)31/h5-12,17,22H,3-4,13-16H2,1-2H3,(H,26,30)/t22-/m1/s1. The molecule has 0 saturated carbocycles. The Labute approximate surface area is 188 Å². The topological polar surface area (TPSA) is 79.0 Å². The average Bonchev–Trinajstić information content (AvgIpc) is 3.28. The van der Waals surface area contributed by atoms with Gasteiger partial charge in [-0.25, -0.2) is 0 Å². The maximum absolute atomic E-state index is 12.7. The molecule has 168 valence electrons. The maximum atomic E-state index is 12.7. The van der Waals surface area contributed by atoms with Crippen LogP contribution in [0.25, 0.3) is 0 Å². The lowest BCUT2D eigenvalue weighted by Crippen LogP contribution is -2.56. The van der Waals surface area contributed by atoms with E-state index < -0.39 is 0 Å². The molecule has 2 aromatic carbocycles. The minimum atomic E-state index is -0.299. The lowest BCUT2D eigenvalue weighted by Gasteiger charge is -2.36. The highest BCUT2D eigenvalue weighted by molar-refractivity contribution is 5.95. The van der Waals surface area contributed by atoms with Crippen LogP contribution in [0.15, 0.2) is 48.5 Å². The van der Waals surface area contributed by atoms with Crippen LogP contribution < -0.4 is 10.1 Å². The second-order valence-electron chi connectivity index (χ2n) is 8.63. The van der Waals surface area contributed by atoms with Crippen LogP contribution in [0.4, 0.5) is 0 Å². The summed E-state index contributed by atoms with van der Waals surface area (Å²) in [6.45, 7) is 5.56. The van der Waals surface area contributed by atoms with E-state index >= 15 is 0 Å². The molecule has 1 N–H and O–H groups in total. The van der Waals surface area contributed by atoms with E-state index in [-0.39, 0.29) is 36.4 Å². The molecule has 7 heteroatoms. The first-order chi connectivity index (χ1) is 15.4. The van der Waals surface area contributed by atoms with E-state index in [2.05, 4.69) is 5.32 Å². The van der Waals surface area contributed by atoms with E-state index in [1.165, 1.54) is 0 Å². The first kappa shape index (κ1) is 21.9. The van der Waals surface area contributed by atoms with E-state index in [0.717, 1.165) is 29.7 Å². The van der Waals surface area contributed by atoms with E-state index in [1.807, 2.05) is 50.2 Å². The molecule has 32 heavy (non-hydrogen) atoms. The summed E-state index contributed by atoms with van der Waals surface area (Å²) in [7, 11) is 0. The Kier molecular flexibility index (Phi) is 6.44. The SMILES string of the molecule is CC(C)Oc1ccc(CNC(=O)c2ccc(CN3CC(=O)N4CCC[C@@H]4C3=O)cc2)cc1. The van der Waals surface area contributed by atoms with Gasteiger partial charge in [0.25, 0.3) is 5.91 Å². The molecule has 0 unspecified atom stereocenters. The van der Waals surface area contributed by atoms with Crippen molar-refractivity contribution in [1.82, 2.24) is 15.1 Å². The van der Waals surface area contributed by atoms with E-state index in [4.69, 9.17) is 4.74 Å². The molecular formula is C25H29N3O4. The molecule has 7 nitrogen and oxygen atoms in total. The molecule has 3 amide bonds. The molecule has 4 rings (SSSR count). The predicted octanol–water partition coefficient (Wildman–Crippen LogP) is 2.74. The Bertz CT molecular complexity index is 985. The first-order valence-corrected chi connectivity index (χ1v) is 11.1. The summed E-state index contributed by atoms with van der Waals surface area (Å²) in [4.78, 5) is 40.8. The van der Waals surface area contributed by atoms with Gasteiger partial charge in [-0.05, 0) is 62.1 Å². The zero-order valence-electron chi connectivity index (χ0n) is 18.5. The van der Waals surface area contributed by atoms with Crippen molar-refractivity contribution in [2.45, 2.75) is 51.9 Å². The van der Waals surface area contributed by atoms with E-state index in [0.29, 0.717) is 25.2 Å². The van der Waals surface area contributed by atoms with Crippen molar-refractivity contribution in [2.24, 2.45) is 0 Å². The Balaban J connectivity index is 1.31. The molecule has 0 aliphatic carbocycles. The van der Waals surface area contributed by atoms with Crippen LogP contribution in [0.5, 0.6) is 5.75 Å². The van der Waals surface area contributed by atoms with Gasteiger partial charge in [-0.2, -0.15) is 0 Å². The summed E-state index contributed by atoms with van der Waals surface area (Å²) in [6.07, 6.45) is 1.75. The number of nitrogens with zero attached hydrogens (tertiary/aromatic N) is 2. The van der Waals surface area contributed by atoms with Crippen molar-refractivity contribution in [3.8, 4) is 5.75 Å². The van der Waals surface area contributed by atoms with Gasteiger partial charge in [-0.1, -0.05) is 24.3 Å². The summed E-state index contributed by atoms with van der Waals surface area (Å²) in [5.41, 5.74) is 2.44. The minimum Gasteiger partial charge on any atom is -0.491 e. The summed E-state index contributed by atoms with van der Waals surface area (Å²) in [6, 6.07) is 14.5. The fraction of sp³-hybridized carbons (Fsp3) is 0.400. The van der Waals surface area contributed by atoms with Crippen LogP contribution in [0.1, 0.15) is 48.2 Å². The largest absolute Gasteiger partial charge is 0.491 e. The number of amides is 3. The lowest BCUT2D eigenvalue weighted by molar-refractivity contribution is -0.154. The number of nitrogens with one attached hydrogen (secondary N) is 1. The van der Waals surface area contributed by atoms with Gasteiger partial charge in [0.2, 0.25) is 11.8 Å². The highest BCUT2D eigenvalue weighted by Gasteiger charge is 2.41. The van der Waals surface area contributed by atoms with Crippen molar-refractivity contribution in [1.29, 1.82) is 0 Å². The van der Waals surface area contributed by atoms with Gasteiger partial charge in [0.1, 0.15) is 18.3 Å². The van der Waals surface area contributed by atoms with Crippen LogP contribution in [-0.4, -0.2) is 52.8 Å². The molecule has 2 aromatic rings. The van der Waals surface area contributed by atoms with Crippen molar-refractivity contribution in [3.05, 3.63) is 65.2 Å². The Morgan fingerprint density at radius 3 is 2.44 bits per heavy atom. The number of hydrogen-bond acceptors (Lipinski definition) is 4. The van der Waals surface area contributed by atoms with Gasteiger partial charge in [0, 0.05) is 25.2 Å². The van der Waals surface area contributed by atoms with Crippen molar-refractivity contribution in [3.63, 3.8) is 0 Å². The first-order valence-electron chi connectivity index (χ1n) is 11.1. The van der Waals surface area contributed by atoms with Crippen LogP contribution in [-0.2, 0) is 22.7 Å². The second kappa shape index (κ2) is 9.42. The number of rotatable bonds is 7. The quantitative estimate of drug-likeness (QED) is 0.725. The molecule has 0 radical (unpaired) electrons. The average molecular weight is 436 g/mol. The monoisotopic (exact) mass is 435 g/mol. The highest BCUT2D eigenvalue weighted by Crippen LogP contribution is 2.24. The molecule has 2 aliphatic heterocycles. The third-order valence-corrected chi connectivity index (χ3v) is 5.83. The van der Waals surface area contributed by atoms with Gasteiger partial charge in [0.15, 0.2) is 0 Å². The fourth-order valence-corrected chi connectivity index (χ4v) is 4.22. The van der Waals surface area contributed by atoms with E-state index in [9.17, 15) is 14.4 Å². The van der Waals surface area contributed by atoms with Crippen LogP contribution in [0, 0.1) is 0 Å². The second-order valence-corrected chi connectivity index (χ2v) is 8.63. The molecule has 0 bridgehead atoms. The maximum Gasteiger partial charge on any atom is 0.251 e. The predicted molar refractivity (Wildman–Crippen MR) is 120 cm³/mol. The summed E-state index contributed by atoms with van der Waals surface area (Å²) in [5.74, 6) is 0.686. The number of piperazine rings is 1. The Morgan fingerprint density at radius 1 is 1.06 bits per heavy atom. The number of fused-ring (bicyclic) bond motifs is 1. The summed E-state index contributed by atoms with van der Waals surface area (Å²) in [5, 5.41) is 2.92. The Hall–Kier alpha value is -3.35. The zero-order chi connectivity index (χ0) is 22.7. The van der Waals surface area contributed by atoms with Crippen molar-refractivity contribution in [2.75, 3.05) is 13.1 Å². The zero-order valence-corrected chi connectivity index (χ0v) is 18.5. The molecule has 0 spiro atoms.